The minimum Gasteiger partial charge on any atom is -0.489 e. The first kappa shape index (κ1) is 14.0. The Hall–Kier alpha value is -1.46. The van der Waals surface area contributed by atoms with Crippen molar-refractivity contribution >= 4 is 23.3 Å². The molecule has 1 aromatic rings. The zero-order valence-electron chi connectivity index (χ0n) is 10.5. The van der Waals surface area contributed by atoms with Crippen molar-refractivity contribution in [1.29, 1.82) is 0 Å². The van der Waals surface area contributed by atoms with Crippen molar-refractivity contribution in [2.24, 2.45) is 5.73 Å². The first-order chi connectivity index (χ1) is 9.15. The topological polar surface area (TPSA) is 73.6 Å². The molecule has 2 rings (SSSR count). The predicted octanol–water partition coefficient (Wildman–Crippen LogP) is 2.78. The molecule has 0 saturated carbocycles. The van der Waals surface area contributed by atoms with Gasteiger partial charge in [-0.05, 0) is 37.5 Å². The van der Waals surface area contributed by atoms with Crippen LogP contribution in [0.1, 0.15) is 19.3 Å². The van der Waals surface area contributed by atoms with Crippen LogP contribution in [0.4, 0.5) is 10.5 Å². The molecule has 1 aliphatic rings. The van der Waals surface area contributed by atoms with E-state index in [0.717, 1.165) is 25.9 Å². The second-order valence-corrected chi connectivity index (χ2v) is 4.87. The van der Waals surface area contributed by atoms with Gasteiger partial charge in [0.2, 0.25) is 0 Å². The molecule has 5 nitrogen and oxygen atoms in total. The predicted molar refractivity (Wildman–Crippen MR) is 73.7 cm³/mol. The third-order valence-electron chi connectivity index (χ3n) is 2.90. The van der Waals surface area contributed by atoms with Crippen molar-refractivity contribution in [3.63, 3.8) is 0 Å². The maximum absolute atomic E-state index is 10.9. The van der Waals surface area contributed by atoms with Crippen molar-refractivity contribution in [3.8, 4) is 5.75 Å². The van der Waals surface area contributed by atoms with Gasteiger partial charge in [0.25, 0.3) is 0 Å². The molecule has 0 aromatic heterocycles. The van der Waals surface area contributed by atoms with E-state index >= 15 is 0 Å². The number of nitrogens with two attached hydrogens (primary N) is 1. The van der Waals surface area contributed by atoms with Gasteiger partial charge in [-0.25, -0.2) is 4.79 Å². The molecule has 0 bridgehead atoms. The molecule has 2 amide bonds. The fourth-order valence-electron chi connectivity index (χ4n) is 1.98. The average Bonchev–Trinajstić information content (AvgIpc) is 2.38. The van der Waals surface area contributed by atoms with Crippen LogP contribution in [0.3, 0.4) is 0 Å². The lowest BCUT2D eigenvalue weighted by Gasteiger charge is -2.23. The number of primary amides is 1. The molecule has 0 aliphatic carbocycles. The highest BCUT2D eigenvalue weighted by Crippen LogP contribution is 2.28. The summed E-state index contributed by atoms with van der Waals surface area (Å²) in [5.74, 6) is 0.539. The number of anilines is 1. The van der Waals surface area contributed by atoms with Crippen LogP contribution in [-0.4, -0.2) is 25.3 Å². The summed E-state index contributed by atoms with van der Waals surface area (Å²) >= 11 is 5.88. The Bertz CT molecular complexity index is 448. The number of urea groups is 1. The number of hydrogen-bond acceptors (Lipinski definition) is 3. The van der Waals surface area contributed by atoms with Crippen molar-refractivity contribution in [2.75, 3.05) is 18.5 Å². The van der Waals surface area contributed by atoms with Gasteiger partial charge in [-0.15, -0.1) is 0 Å². The Morgan fingerprint density at radius 2 is 2.37 bits per heavy atom. The molecule has 6 heteroatoms. The van der Waals surface area contributed by atoms with Crippen LogP contribution in [0.25, 0.3) is 0 Å². The second kappa shape index (κ2) is 6.63. The quantitative estimate of drug-likeness (QED) is 0.893. The molecule has 104 valence electrons. The number of carbonyl (C=O) groups excluding carboxylic acids is 1. The van der Waals surface area contributed by atoms with Crippen LogP contribution < -0.4 is 15.8 Å². The van der Waals surface area contributed by atoms with Crippen LogP contribution >= 0.6 is 11.6 Å². The number of carbonyl (C=O) groups is 1. The Morgan fingerprint density at radius 3 is 3.05 bits per heavy atom. The van der Waals surface area contributed by atoms with Gasteiger partial charge < -0.3 is 20.5 Å². The van der Waals surface area contributed by atoms with Gasteiger partial charge in [0.1, 0.15) is 12.4 Å². The van der Waals surface area contributed by atoms with E-state index in [0.29, 0.717) is 23.1 Å². The Balaban J connectivity index is 1.99. The maximum atomic E-state index is 10.9. The highest BCUT2D eigenvalue weighted by Gasteiger charge is 2.15. The minimum atomic E-state index is -0.652. The molecule has 1 heterocycles. The van der Waals surface area contributed by atoms with Gasteiger partial charge in [-0.1, -0.05) is 11.6 Å². The van der Waals surface area contributed by atoms with Crippen LogP contribution in [0, 0.1) is 0 Å². The first-order valence-electron chi connectivity index (χ1n) is 6.25. The van der Waals surface area contributed by atoms with Crippen LogP contribution in [0.15, 0.2) is 18.2 Å². The summed E-state index contributed by atoms with van der Waals surface area (Å²) in [6.45, 7) is 1.23. The van der Waals surface area contributed by atoms with Crippen molar-refractivity contribution in [2.45, 2.75) is 25.4 Å². The molecule has 0 unspecified atom stereocenters. The van der Waals surface area contributed by atoms with Crippen LogP contribution in [-0.2, 0) is 4.74 Å². The number of halogens is 1. The standard InChI is InChI=1S/C13H17ClN2O3/c14-9-4-5-12(11(7-9)16-13(15)17)19-8-10-3-1-2-6-18-10/h4-5,7,10H,1-3,6,8H2,(H3,15,16,17)/t10-/m1/s1. The monoisotopic (exact) mass is 284 g/mol. The molecule has 1 aromatic carbocycles. The summed E-state index contributed by atoms with van der Waals surface area (Å²) in [6.07, 6.45) is 3.35. The molecule has 1 aliphatic heterocycles. The van der Waals surface area contributed by atoms with E-state index in [1.54, 1.807) is 18.2 Å². The largest absolute Gasteiger partial charge is 0.489 e. The molecule has 1 saturated heterocycles. The Labute approximate surface area is 117 Å². The number of ether oxygens (including phenoxy) is 2. The highest BCUT2D eigenvalue weighted by molar-refractivity contribution is 6.31. The summed E-state index contributed by atoms with van der Waals surface area (Å²) < 4.78 is 11.3. The lowest BCUT2D eigenvalue weighted by atomic mass is 10.1. The molecule has 19 heavy (non-hydrogen) atoms. The zero-order chi connectivity index (χ0) is 13.7. The summed E-state index contributed by atoms with van der Waals surface area (Å²) in [6, 6.07) is 4.35. The number of benzene rings is 1. The van der Waals surface area contributed by atoms with E-state index in [9.17, 15) is 4.79 Å². The van der Waals surface area contributed by atoms with Crippen molar-refractivity contribution in [3.05, 3.63) is 23.2 Å². The minimum absolute atomic E-state index is 0.103. The molecular weight excluding hydrogens is 268 g/mol. The Kier molecular flexibility index (Phi) is 4.87. The molecule has 0 radical (unpaired) electrons. The third-order valence-corrected chi connectivity index (χ3v) is 3.13. The smallest absolute Gasteiger partial charge is 0.316 e. The summed E-state index contributed by atoms with van der Waals surface area (Å²) in [5, 5.41) is 3.00. The SMILES string of the molecule is NC(=O)Nc1cc(Cl)ccc1OC[C@H]1CCCCO1. The lowest BCUT2D eigenvalue weighted by Crippen LogP contribution is -2.26. The average molecular weight is 285 g/mol. The molecule has 3 N–H and O–H groups in total. The number of hydrogen-bond donors (Lipinski definition) is 2. The number of amides is 2. The van der Waals surface area contributed by atoms with E-state index < -0.39 is 6.03 Å². The fourth-order valence-corrected chi connectivity index (χ4v) is 2.15. The first-order valence-corrected chi connectivity index (χ1v) is 6.63. The maximum Gasteiger partial charge on any atom is 0.316 e. The fraction of sp³-hybridized carbons (Fsp3) is 0.462. The molecule has 1 atom stereocenters. The Morgan fingerprint density at radius 1 is 1.53 bits per heavy atom. The highest BCUT2D eigenvalue weighted by atomic mass is 35.5. The number of rotatable bonds is 4. The molecular formula is C13H17ClN2O3. The third kappa shape index (κ3) is 4.29. The van der Waals surface area contributed by atoms with E-state index in [4.69, 9.17) is 26.8 Å². The van der Waals surface area contributed by atoms with Gasteiger partial charge in [-0.2, -0.15) is 0 Å². The van der Waals surface area contributed by atoms with Gasteiger partial charge in [0.05, 0.1) is 11.8 Å². The summed E-state index contributed by atoms with van der Waals surface area (Å²) in [5.41, 5.74) is 5.58. The van der Waals surface area contributed by atoms with E-state index in [1.807, 2.05) is 0 Å². The lowest BCUT2D eigenvalue weighted by molar-refractivity contribution is -0.0109. The normalized spacial score (nSPS) is 18.9. The van der Waals surface area contributed by atoms with Crippen LogP contribution in [0.2, 0.25) is 5.02 Å². The van der Waals surface area contributed by atoms with Gasteiger partial charge in [0, 0.05) is 11.6 Å². The summed E-state index contributed by atoms with van der Waals surface area (Å²) in [4.78, 5) is 10.9. The van der Waals surface area contributed by atoms with E-state index in [2.05, 4.69) is 5.32 Å². The molecule has 1 fully saturated rings. The van der Waals surface area contributed by atoms with Gasteiger partial charge in [0.15, 0.2) is 0 Å². The second-order valence-electron chi connectivity index (χ2n) is 4.43. The van der Waals surface area contributed by atoms with Gasteiger partial charge >= 0.3 is 6.03 Å². The van der Waals surface area contributed by atoms with Crippen LogP contribution in [0.5, 0.6) is 5.75 Å². The van der Waals surface area contributed by atoms with E-state index in [-0.39, 0.29) is 6.10 Å². The molecule has 0 spiro atoms. The van der Waals surface area contributed by atoms with Crippen molar-refractivity contribution < 1.29 is 14.3 Å². The van der Waals surface area contributed by atoms with E-state index in [1.165, 1.54) is 0 Å². The zero-order valence-corrected chi connectivity index (χ0v) is 11.3. The summed E-state index contributed by atoms with van der Waals surface area (Å²) in [7, 11) is 0. The van der Waals surface area contributed by atoms with Gasteiger partial charge in [-0.3, -0.25) is 0 Å². The van der Waals surface area contributed by atoms with Crippen molar-refractivity contribution in [1.82, 2.24) is 0 Å². The number of nitrogens with one attached hydrogen (secondary N) is 1.